The maximum atomic E-state index is 11.9. The average molecular weight is 379 g/mol. The van der Waals surface area contributed by atoms with Gasteiger partial charge in [0.15, 0.2) is 0 Å². The summed E-state index contributed by atoms with van der Waals surface area (Å²) in [6.07, 6.45) is 1.86. The zero-order chi connectivity index (χ0) is 17.4. The van der Waals surface area contributed by atoms with E-state index in [2.05, 4.69) is 9.88 Å². The number of amides is 1. The molecule has 0 radical (unpaired) electrons. The third kappa shape index (κ3) is 3.09. The summed E-state index contributed by atoms with van der Waals surface area (Å²) in [7, 11) is 1.63. The van der Waals surface area contributed by atoms with Crippen molar-refractivity contribution in [3.05, 3.63) is 51.1 Å². The molecular formula is C17H15ClN2O2S2. The van der Waals surface area contributed by atoms with E-state index in [9.17, 15) is 4.79 Å². The third-order valence-electron chi connectivity index (χ3n) is 3.78. The van der Waals surface area contributed by atoms with E-state index in [-0.39, 0.29) is 5.91 Å². The van der Waals surface area contributed by atoms with Crippen LogP contribution in [0.15, 0.2) is 29.2 Å². The van der Waals surface area contributed by atoms with Gasteiger partial charge >= 0.3 is 0 Å². The number of aromatic nitrogens is 1. The van der Waals surface area contributed by atoms with Gasteiger partial charge in [-0.2, -0.15) is 0 Å². The molecule has 3 rings (SSSR count). The fourth-order valence-corrected chi connectivity index (χ4v) is 3.91. The maximum absolute atomic E-state index is 11.9. The fourth-order valence-electron chi connectivity index (χ4n) is 2.70. The lowest BCUT2D eigenvalue weighted by Gasteiger charge is -2.14. The number of ether oxygens (including phenoxy) is 1. The van der Waals surface area contributed by atoms with Gasteiger partial charge in [0, 0.05) is 16.4 Å². The van der Waals surface area contributed by atoms with Crippen molar-refractivity contribution in [1.29, 1.82) is 0 Å². The van der Waals surface area contributed by atoms with E-state index >= 15 is 0 Å². The summed E-state index contributed by atoms with van der Waals surface area (Å²) < 4.78 is 8.00. The van der Waals surface area contributed by atoms with Crippen LogP contribution in [0.4, 0.5) is 0 Å². The smallest absolute Gasteiger partial charge is 0.263 e. The molecule has 2 heterocycles. The van der Waals surface area contributed by atoms with Crippen LogP contribution in [0.2, 0.25) is 5.02 Å². The van der Waals surface area contributed by atoms with Crippen LogP contribution in [0, 0.1) is 13.8 Å². The summed E-state index contributed by atoms with van der Waals surface area (Å²) in [6.45, 7) is 4.00. The van der Waals surface area contributed by atoms with Gasteiger partial charge in [0.1, 0.15) is 10.1 Å². The fraction of sp³-hybridized carbons (Fsp3) is 0.176. The highest BCUT2D eigenvalue weighted by Gasteiger charge is 2.23. The van der Waals surface area contributed by atoms with Crippen LogP contribution in [0.5, 0.6) is 5.75 Å². The summed E-state index contributed by atoms with van der Waals surface area (Å²) in [4.78, 5) is 12.5. The second-order valence-electron chi connectivity index (χ2n) is 5.33. The van der Waals surface area contributed by atoms with Crippen LogP contribution in [-0.4, -0.2) is 21.9 Å². The predicted octanol–water partition coefficient (Wildman–Crippen LogP) is 4.24. The van der Waals surface area contributed by atoms with Crippen molar-refractivity contribution in [2.75, 3.05) is 7.11 Å². The molecule has 0 unspecified atom stereocenters. The summed E-state index contributed by atoms with van der Waals surface area (Å²) in [5.74, 6) is 0.574. The molecule has 0 bridgehead atoms. The Balaban J connectivity index is 2.11. The van der Waals surface area contributed by atoms with E-state index in [0.717, 1.165) is 28.4 Å². The second kappa shape index (κ2) is 6.63. The molecule has 0 saturated carbocycles. The van der Waals surface area contributed by atoms with Crippen molar-refractivity contribution in [3.63, 3.8) is 0 Å². The normalized spacial score (nSPS) is 15.9. The minimum Gasteiger partial charge on any atom is -0.495 e. The number of hydrogen-bond donors (Lipinski definition) is 1. The Morgan fingerprint density at radius 1 is 1.33 bits per heavy atom. The summed E-state index contributed by atoms with van der Waals surface area (Å²) in [5.41, 5.74) is 3.83. The molecule has 0 aliphatic carbocycles. The number of nitrogens with zero attached hydrogens (tertiary/aromatic N) is 1. The van der Waals surface area contributed by atoms with Crippen LogP contribution in [-0.2, 0) is 4.79 Å². The molecule has 1 fully saturated rings. The Morgan fingerprint density at radius 3 is 2.71 bits per heavy atom. The largest absolute Gasteiger partial charge is 0.495 e. The van der Waals surface area contributed by atoms with Gasteiger partial charge in [-0.05, 0) is 49.8 Å². The first kappa shape index (κ1) is 17.1. The van der Waals surface area contributed by atoms with E-state index in [1.807, 2.05) is 38.1 Å². The number of carbonyl (C=O) groups is 1. The van der Waals surface area contributed by atoms with E-state index in [1.54, 1.807) is 13.2 Å². The number of methoxy groups -OCH3 is 1. The number of rotatable bonds is 3. The Labute approximate surface area is 154 Å². The van der Waals surface area contributed by atoms with Gasteiger partial charge < -0.3 is 14.6 Å². The van der Waals surface area contributed by atoms with Gasteiger partial charge in [-0.1, -0.05) is 35.6 Å². The molecule has 0 atom stereocenters. The van der Waals surface area contributed by atoms with Crippen LogP contribution < -0.4 is 10.1 Å². The lowest BCUT2D eigenvalue weighted by Crippen LogP contribution is -2.17. The summed E-state index contributed by atoms with van der Waals surface area (Å²) in [5, 5.41) is 3.26. The monoisotopic (exact) mass is 378 g/mol. The molecule has 1 aromatic heterocycles. The molecule has 1 aliphatic rings. The van der Waals surface area contributed by atoms with Gasteiger partial charge in [-0.15, -0.1) is 0 Å². The van der Waals surface area contributed by atoms with Crippen molar-refractivity contribution in [2.45, 2.75) is 13.8 Å². The average Bonchev–Trinajstić information content (AvgIpc) is 2.98. The molecule has 4 nitrogen and oxygen atoms in total. The van der Waals surface area contributed by atoms with Crippen molar-refractivity contribution < 1.29 is 9.53 Å². The second-order valence-corrected chi connectivity index (χ2v) is 7.49. The first-order chi connectivity index (χ1) is 11.4. The molecule has 0 spiro atoms. The summed E-state index contributed by atoms with van der Waals surface area (Å²) in [6, 6.07) is 7.52. The molecule has 124 valence electrons. The van der Waals surface area contributed by atoms with Crippen molar-refractivity contribution in [2.24, 2.45) is 0 Å². The van der Waals surface area contributed by atoms with E-state index in [1.165, 1.54) is 11.8 Å². The predicted molar refractivity (Wildman–Crippen MR) is 103 cm³/mol. The molecule has 7 heteroatoms. The number of carbonyl (C=O) groups excluding carboxylic acids is 1. The number of thiocarbonyl (C=S) groups is 1. The van der Waals surface area contributed by atoms with Gasteiger partial charge in [0.25, 0.3) is 5.91 Å². The third-order valence-corrected chi connectivity index (χ3v) is 5.18. The number of benzene rings is 1. The maximum Gasteiger partial charge on any atom is 0.263 e. The highest BCUT2D eigenvalue weighted by atomic mass is 35.5. The minimum atomic E-state index is -0.157. The topological polar surface area (TPSA) is 43.3 Å². The van der Waals surface area contributed by atoms with Gasteiger partial charge in [0.2, 0.25) is 0 Å². The molecule has 1 saturated heterocycles. The quantitative estimate of drug-likeness (QED) is 0.640. The molecule has 2 aromatic rings. The SMILES string of the molecule is COc1ccc(Cl)cc1-n1c(C)cc(/C=C2\SC(=S)NC2=O)c1C. The Morgan fingerprint density at radius 2 is 2.08 bits per heavy atom. The zero-order valence-corrected chi connectivity index (χ0v) is 15.7. The van der Waals surface area contributed by atoms with Gasteiger partial charge in [-0.25, -0.2) is 0 Å². The van der Waals surface area contributed by atoms with Crippen LogP contribution in [0.1, 0.15) is 17.0 Å². The minimum absolute atomic E-state index is 0.157. The molecule has 1 amide bonds. The van der Waals surface area contributed by atoms with Crippen LogP contribution >= 0.6 is 35.6 Å². The van der Waals surface area contributed by atoms with Crippen molar-refractivity contribution in [3.8, 4) is 11.4 Å². The van der Waals surface area contributed by atoms with Crippen molar-refractivity contribution in [1.82, 2.24) is 9.88 Å². The Bertz CT molecular complexity index is 887. The lowest BCUT2D eigenvalue weighted by molar-refractivity contribution is -0.115. The van der Waals surface area contributed by atoms with E-state index in [0.29, 0.717) is 14.2 Å². The number of nitrogens with one attached hydrogen (secondary N) is 1. The molecule has 1 aromatic carbocycles. The Hall–Kier alpha value is -1.76. The number of hydrogen-bond acceptors (Lipinski definition) is 4. The zero-order valence-electron chi connectivity index (χ0n) is 13.3. The van der Waals surface area contributed by atoms with Crippen LogP contribution in [0.3, 0.4) is 0 Å². The van der Waals surface area contributed by atoms with E-state index in [4.69, 9.17) is 28.6 Å². The molecule has 1 aliphatic heterocycles. The van der Waals surface area contributed by atoms with E-state index < -0.39 is 0 Å². The molecule has 1 N–H and O–H groups in total. The molecular weight excluding hydrogens is 364 g/mol. The highest BCUT2D eigenvalue weighted by molar-refractivity contribution is 8.26. The Kier molecular flexibility index (Phi) is 4.71. The highest BCUT2D eigenvalue weighted by Crippen LogP contribution is 2.33. The summed E-state index contributed by atoms with van der Waals surface area (Å²) >= 11 is 12.5. The van der Waals surface area contributed by atoms with Crippen molar-refractivity contribution >= 4 is 51.9 Å². The number of halogens is 1. The first-order valence-electron chi connectivity index (χ1n) is 7.18. The van der Waals surface area contributed by atoms with Gasteiger partial charge in [-0.3, -0.25) is 4.79 Å². The lowest BCUT2D eigenvalue weighted by atomic mass is 10.2. The standard InChI is InChI=1S/C17H15ClN2O2S2/c1-9-6-11(7-15-16(21)19-17(23)24-15)10(2)20(9)13-8-12(18)4-5-14(13)22-3/h4-8H,1-3H3,(H,19,21,23)/b15-7-. The van der Waals surface area contributed by atoms with Gasteiger partial charge in [0.05, 0.1) is 17.7 Å². The first-order valence-corrected chi connectivity index (χ1v) is 8.78. The van der Waals surface area contributed by atoms with Crippen LogP contribution in [0.25, 0.3) is 11.8 Å². The number of thioether (sulfide) groups is 1. The molecule has 24 heavy (non-hydrogen) atoms. The number of aryl methyl sites for hydroxylation is 1.